The van der Waals surface area contributed by atoms with Crippen LogP contribution in [-0.2, 0) is 15.9 Å². The maximum atomic E-state index is 6.15. The number of hydrogen-bond donors (Lipinski definition) is 0. The van der Waals surface area contributed by atoms with Crippen LogP contribution in [0.3, 0.4) is 0 Å². The first kappa shape index (κ1) is 18.5. The fourth-order valence-corrected chi connectivity index (χ4v) is 3.13. The van der Waals surface area contributed by atoms with E-state index in [1.54, 1.807) is 14.2 Å². The van der Waals surface area contributed by atoms with Gasteiger partial charge in [-0.05, 0) is 18.1 Å². The van der Waals surface area contributed by atoms with E-state index in [2.05, 4.69) is 37.3 Å². The molecular formula is C22H26O4. The summed E-state index contributed by atoms with van der Waals surface area (Å²) in [6, 6.07) is 14.7. The van der Waals surface area contributed by atoms with Crippen molar-refractivity contribution in [3.05, 3.63) is 48.0 Å². The molecule has 0 aliphatic rings. The van der Waals surface area contributed by atoms with Gasteiger partial charge in [0.2, 0.25) is 0 Å². The van der Waals surface area contributed by atoms with Crippen LogP contribution in [0, 0.1) is 0 Å². The number of ether oxygens (including phenoxy) is 4. The predicted molar refractivity (Wildman–Crippen MR) is 106 cm³/mol. The van der Waals surface area contributed by atoms with Gasteiger partial charge in [0, 0.05) is 35.8 Å². The quantitative estimate of drug-likeness (QED) is 0.415. The van der Waals surface area contributed by atoms with Crippen molar-refractivity contribution in [3.63, 3.8) is 0 Å². The summed E-state index contributed by atoms with van der Waals surface area (Å²) in [5.41, 5.74) is 1.27. The molecule has 0 bridgehead atoms. The van der Waals surface area contributed by atoms with Gasteiger partial charge in [-0.25, -0.2) is 0 Å². The van der Waals surface area contributed by atoms with Gasteiger partial charge in [0.05, 0.1) is 13.2 Å². The minimum Gasteiger partial charge on any atom is -0.490 e. The lowest BCUT2D eigenvalue weighted by Gasteiger charge is -2.18. The van der Waals surface area contributed by atoms with Crippen LogP contribution in [0.2, 0.25) is 0 Å². The fraction of sp³-hybridized carbons (Fsp3) is 0.364. The van der Waals surface area contributed by atoms with Crippen LogP contribution in [0.1, 0.15) is 12.5 Å². The molecule has 4 heteroatoms. The van der Waals surface area contributed by atoms with E-state index in [0.29, 0.717) is 26.4 Å². The molecule has 26 heavy (non-hydrogen) atoms. The van der Waals surface area contributed by atoms with Crippen molar-refractivity contribution < 1.29 is 18.9 Å². The Balaban J connectivity index is 2.22. The van der Waals surface area contributed by atoms with Gasteiger partial charge in [-0.3, -0.25) is 0 Å². The molecule has 3 aromatic carbocycles. The van der Waals surface area contributed by atoms with E-state index in [4.69, 9.17) is 18.9 Å². The average Bonchev–Trinajstić information content (AvgIpc) is 2.69. The molecule has 0 amide bonds. The SMILES string of the molecule is CCc1ccc2c(OCCOC)c3ccccc3c(OCCOC)c2c1. The molecule has 0 radical (unpaired) electrons. The van der Waals surface area contributed by atoms with E-state index in [0.717, 1.165) is 39.5 Å². The Kier molecular flexibility index (Phi) is 6.31. The van der Waals surface area contributed by atoms with E-state index in [9.17, 15) is 0 Å². The van der Waals surface area contributed by atoms with Crippen LogP contribution in [0.15, 0.2) is 42.5 Å². The third kappa shape index (κ3) is 3.76. The summed E-state index contributed by atoms with van der Waals surface area (Å²) >= 11 is 0. The molecule has 3 rings (SSSR count). The largest absolute Gasteiger partial charge is 0.490 e. The highest BCUT2D eigenvalue weighted by Gasteiger charge is 2.16. The Morgan fingerprint density at radius 1 is 0.654 bits per heavy atom. The average molecular weight is 354 g/mol. The lowest BCUT2D eigenvalue weighted by molar-refractivity contribution is 0.147. The van der Waals surface area contributed by atoms with Gasteiger partial charge >= 0.3 is 0 Å². The second-order valence-electron chi connectivity index (χ2n) is 6.12. The lowest BCUT2D eigenvalue weighted by Crippen LogP contribution is -2.07. The highest BCUT2D eigenvalue weighted by atomic mass is 16.5. The molecule has 0 aliphatic heterocycles. The first-order valence-corrected chi connectivity index (χ1v) is 9.01. The predicted octanol–water partition coefficient (Wildman–Crippen LogP) is 4.61. The van der Waals surface area contributed by atoms with E-state index in [1.165, 1.54) is 5.56 Å². The summed E-state index contributed by atoms with van der Waals surface area (Å²) < 4.78 is 22.6. The molecule has 3 aromatic rings. The van der Waals surface area contributed by atoms with E-state index in [1.807, 2.05) is 12.1 Å². The topological polar surface area (TPSA) is 36.9 Å². The van der Waals surface area contributed by atoms with Gasteiger partial charge in [-0.1, -0.05) is 43.3 Å². The molecule has 0 spiro atoms. The summed E-state index contributed by atoms with van der Waals surface area (Å²) in [7, 11) is 3.36. The normalized spacial score (nSPS) is 11.2. The van der Waals surface area contributed by atoms with Crippen LogP contribution in [0.4, 0.5) is 0 Å². The zero-order valence-electron chi connectivity index (χ0n) is 15.7. The summed E-state index contributed by atoms with van der Waals surface area (Å²) in [6.45, 7) is 4.28. The molecule has 0 N–H and O–H groups in total. The van der Waals surface area contributed by atoms with Gasteiger partial charge in [0.25, 0.3) is 0 Å². The zero-order chi connectivity index (χ0) is 18.4. The van der Waals surface area contributed by atoms with Gasteiger partial charge in [0.1, 0.15) is 24.7 Å². The van der Waals surface area contributed by atoms with Crippen molar-refractivity contribution in [2.45, 2.75) is 13.3 Å². The summed E-state index contributed by atoms with van der Waals surface area (Å²) in [5.74, 6) is 1.77. The number of fused-ring (bicyclic) bond motifs is 2. The number of benzene rings is 3. The van der Waals surface area contributed by atoms with E-state index >= 15 is 0 Å². The Bertz CT molecular complexity index is 873. The van der Waals surface area contributed by atoms with E-state index < -0.39 is 0 Å². The molecule has 0 saturated heterocycles. The van der Waals surface area contributed by atoms with Crippen LogP contribution >= 0.6 is 0 Å². The fourth-order valence-electron chi connectivity index (χ4n) is 3.13. The highest BCUT2D eigenvalue weighted by molar-refractivity contribution is 6.11. The molecule has 0 aliphatic carbocycles. The first-order chi connectivity index (χ1) is 12.8. The summed E-state index contributed by atoms with van der Waals surface area (Å²) in [4.78, 5) is 0. The summed E-state index contributed by atoms with van der Waals surface area (Å²) in [5, 5.41) is 4.24. The molecule has 0 fully saturated rings. The Labute approximate surface area is 154 Å². The highest BCUT2D eigenvalue weighted by Crippen LogP contribution is 2.43. The molecule has 0 heterocycles. The van der Waals surface area contributed by atoms with Crippen molar-refractivity contribution in [2.24, 2.45) is 0 Å². The van der Waals surface area contributed by atoms with Gasteiger partial charge < -0.3 is 18.9 Å². The maximum Gasteiger partial charge on any atom is 0.135 e. The third-order valence-electron chi connectivity index (χ3n) is 4.47. The van der Waals surface area contributed by atoms with Crippen LogP contribution < -0.4 is 9.47 Å². The molecule has 4 nitrogen and oxygen atoms in total. The lowest BCUT2D eigenvalue weighted by atomic mass is 9.98. The van der Waals surface area contributed by atoms with Crippen molar-refractivity contribution >= 4 is 21.5 Å². The van der Waals surface area contributed by atoms with Crippen LogP contribution in [0.25, 0.3) is 21.5 Å². The standard InChI is InChI=1S/C22H26O4/c1-4-16-9-10-19-20(15-16)22(26-14-12-24-3)18-8-6-5-7-17(18)21(19)25-13-11-23-2/h5-10,15H,4,11-14H2,1-3H3. The smallest absolute Gasteiger partial charge is 0.135 e. The molecule has 0 aromatic heterocycles. The molecule has 0 saturated carbocycles. The summed E-state index contributed by atoms with van der Waals surface area (Å²) in [6.07, 6.45) is 0.972. The van der Waals surface area contributed by atoms with Crippen molar-refractivity contribution in [2.75, 3.05) is 40.6 Å². The number of methoxy groups -OCH3 is 2. The molecule has 0 atom stereocenters. The first-order valence-electron chi connectivity index (χ1n) is 9.01. The number of aryl methyl sites for hydroxylation is 1. The van der Waals surface area contributed by atoms with Crippen molar-refractivity contribution in [3.8, 4) is 11.5 Å². The van der Waals surface area contributed by atoms with Crippen LogP contribution in [-0.4, -0.2) is 40.6 Å². The zero-order valence-corrected chi connectivity index (χ0v) is 15.7. The Morgan fingerprint density at radius 2 is 1.19 bits per heavy atom. The van der Waals surface area contributed by atoms with Crippen molar-refractivity contribution in [1.29, 1.82) is 0 Å². The van der Waals surface area contributed by atoms with Crippen molar-refractivity contribution in [1.82, 2.24) is 0 Å². The van der Waals surface area contributed by atoms with Crippen LogP contribution in [0.5, 0.6) is 11.5 Å². The van der Waals surface area contributed by atoms with Gasteiger partial charge in [-0.2, -0.15) is 0 Å². The Morgan fingerprint density at radius 3 is 1.73 bits per heavy atom. The number of rotatable bonds is 9. The second kappa shape index (κ2) is 8.88. The molecule has 138 valence electrons. The molecule has 0 unspecified atom stereocenters. The minimum absolute atomic E-state index is 0.509. The maximum absolute atomic E-state index is 6.15. The number of hydrogen-bond acceptors (Lipinski definition) is 4. The second-order valence-corrected chi connectivity index (χ2v) is 6.12. The minimum atomic E-state index is 0.509. The molecular weight excluding hydrogens is 328 g/mol. The van der Waals surface area contributed by atoms with Gasteiger partial charge in [-0.15, -0.1) is 0 Å². The monoisotopic (exact) mass is 354 g/mol. The Hall–Kier alpha value is -2.30. The van der Waals surface area contributed by atoms with Gasteiger partial charge in [0.15, 0.2) is 0 Å². The van der Waals surface area contributed by atoms with E-state index in [-0.39, 0.29) is 0 Å². The third-order valence-corrected chi connectivity index (χ3v) is 4.47.